The van der Waals surface area contributed by atoms with Crippen molar-refractivity contribution in [1.82, 2.24) is 5.32 Å². The van der Waals surface area contributed by atoms with Crippen LogP contribution >= 0.6 is 0 Å². The molecule has 0 radical (unpaired) electrons. The molecule has 0 bridgehead atoms. The highest BCUT2D eigenvalue weighted by Crippen LogP contribution is 2.18. The maximum Gasteiger partial charge on any atom is 0.310 e. The maximum absolute atomic E-state index is 13.5. The fourth-order valence-corrected chi connectivity index (χ4v) is 1.51. The van der Waals surface area contributed by atoms with Crippen molar-refractivity contribution < 1.29 is 23.8 Å². The molecule has 0 aliphatic rings. The van der Waals surface area contributed by atoms with E-state index in [2.05, 4.69) is 5.32 Å². The zero-order chi connectivity index (χ0) is 16.0. The molecule has 0 aliphatic heterocycles. The van der Waals surface area contributed by atoms with Crippen LogP contribution in [0.3, 0.4) is 0 Å². The number of hydrogen-bond donors (Lipinski definition) is 2. The average molecular weight is 297 g/mol. The van der Waals surface area contributed by atoms with Crippen LogP contribution in [0.2, 0.25) is 0 Å². The first kappa shape index (κ1) is 16.9. The van der Waals surface area contributed by atoms with Crippen LogP contribution in [0.5, 0.6) is 5.75 Å². The molecule has 1 amide bonds. The zero-order valence-electron chi connectivity index (χ0n) is 12.4. The van der Waals surface area contributed by atoms with E-state index in [0.29, 0.717) is 6.42 Å². The third-order valence-corrected chi connectivity index (χ3v) is 3.05. The van der Waals surface area contributed by atoms with Gasteiger partial charge in [0.25, 0.3) is 5.91 Å². The topological polar surface area (TPSA) is 75.6 Å². The van der Waals surface area contributed by atoms with Gasteiger partial charge in [0.1, 0.15) is 0 Å². The molecule has 1 aromatic carbocycles. The average Bonchev–Trinajstić information content (AvgIpc) is 2.44. The van der Waals surface area contributed by atoms with Gasteiger partial charge in [-0.1, -0.05) is 19.1 Å². The minimum Gasteiger partial charge on any atom is -0.481 e. The van der Waals surface area contributed by atoms with Crippen LogP contribution in [0, 0.1) is 11.2 Å². The van der Waals surface area contributed by atoms with E-state index < -0.39 is 29.2 Å². The summed E-state index contributed by atoms with van der Waals surface area (Å²) in [5.74, 6) is -2.02. The van der Waals surface area contributed by atoms with Gasteiger partial charge in [-0.05, 0) is 32.4 Å². The van der Waals surface area contributed by atoms with Gasteiger partial charge in [0.2, 0.25) is 0 Å². The molecule has 1 aromatic rings. The van der Waals surface area contributed by atoms with Crippen molar-refractivity contribution in [2.75, 3.05) is 6.54 Å². The first-order valence-electron chi connectivity index (χ1n) is 6.70. The van der Waals surface area contributed by atoms with Crippen LogP contribution in [0.1, 0.15) is 27.2 Å². The van der Waals surface area contributed by atoms with E-state index in [4.69, 9.17) is 9.84 Å². The van der Waals surface area contributed by atoms with E-state index in [-0.39, 0.29) is 12.3 Å². The van der Waals surface area contributed by atoms with Crippen molar-refractivity contribution in [2.45, 2.75) is 33.3 Å². The second-order valence-electron chi connectivity index (χ2n) is 5.35. The Bertz CT molecular complexity index is 516. The summed E-state index contributed by atoms with van der Waals surface area (Å²) in [5.41, 5.74) is -1.08. The molecule has 1 unspecified atom stereocenters. The lowest BCUT2D eigenvalue weighted by atomic mass is 9.94. The van der Waals surface area contributed by atoms with E-state index in [1.807, 2.05) is 0 Å². The molecule has 0 saturated carbocycles. The molecule has 0 spiro atoms. The summed E-state index contributed by atoms with van der Waals surface area (Å²) in [4.78, 5) is 23.0. The fourth-order valence-electron chi connectivity index (χ4n) is 1.51. The number of nitrogens with one attached hydrogen (secondary N) is 1. The summed E-state index contributed by atoms with van der Waals surface area (Å²) in [6, 6.07) is 5.81. The zero-order valence-corrected chi connectivity index (χ0v) is 12.4. The molecule has 1 rings (SSSR count). The van der Waals surface area contributed by atoms with Crippen LogP contribution < -0.4 is 10.1 Å². The van der Waals surface area contributed by atoms with E-state index >= 15 is 0 Å². The molecule has 0 fully saturated rings. The van der Waals surface area contributed by atoms with Crippen molar-refractivity contribution in [2.24, 2.45) is 5.41 Å². The summed E-state index contributed by atoms with van der Waals surface area (Å²) in [6.07, 6.45) is -0.528. The summed E-state index contributed by atoms with van der Waals surface area (Å²) < 4.78 is 18.8. The Kier molecular flexibility index (Phi) is 5.69. The van der Waals surface area contributed by atoms with Crippen LogP contribution in [0.15, 0.2) is 24.3 Å². The number of carbonyl (C=O) groups excluding carboxylic acids is 1. The minimum absolute atomic E-state index is 0.00278. The van der Waals surface area contributed by atoms with E-state index in [1.165, 1.54) is 32.0 Å². The summed E-state index contributed by atoms with van der Waals surface area (Å²) in [5, 5.41) is 11.5. The number of carboxylic acid groups (broad SMARTS) is 1. The number of para-hydroxylation sites is 1. The molecule has 21 heavy (non-hydrogen) atoms. The lowest BCUT2D eigenvalue weighted by molar-refractivity contribution is -0.147. The molecule has 0 saturated heterocycles. The number of rotatable bonds is 7. The van der Waals surface area contributed by atoms with Crippen LogP contribution in [0.25, 0.3) is 0 Å². The number of halogens is 1. The lowest BCUT2D eigenvalue weighted by Crippen LogP contribution is -2.44. The smallest absolute Gasteiger partial charge is 0.310 e. The number of ether oxygens (including phenoxy) is 1. The Morgan fingerprint density at radius 2 is 2.00 bits per heavy atom. The number of aliphatic carboxylic acids is 1. The van der Waals surface area contributed by atoms with Gasteiger partial charge in [-0.3, -0.25) is 9.59 Å². The summed E-state index contributed by atoms with van der Waals surface area (Å²) in [7, 11) is 0. The Morgan fingerprint density at radius 3 is 2.52 bits per heavy atom. The highest BCUT2D eigenvalue weighted by molar-refractivity contribution is 5.82. The Morgan fingerprint density at radius 1 is 1.38 bits per heavy atom. The Labute approximate surface area is 123 Å². The standard InChI is InChI=1S/C15H20FNO4/c1-4-11(21-12-8-6-5-7-10(12)16)13(18)17-9-15(2,3)14(19)20/h5-8,11H,4,9H2,1-3H3,(H,17,18)(H,19,20). The largest absolute Gasteiger partial charge is 0.481 e. The number of carboxylic acids is 1. The second-order valence-corrected chi connectivity index (χ2v) is 5.35. The van der Waals surface area contributed by atoms with Crippen LogP contribution in [-0.2, 0) is 9.59 Å². The number of amides is 1. The highest BCUT2D eigenvalue weighted by atomic mass is 19.1. The predicted octanol–water partition coefficient (Wildman–Crippen LogP) is 2.21. The number of carbonyl (C=O) groups is 2. The molecular formula is C15H20FNO4. The van der Waals surface area contributed by atoms with Gasteiger partial charge >= 0.3 is 5.97 Å². The summed E-state index contributed by atoms with van der Waals surface area (Å²) >= 11 is 0. The van der Waals surface area contributed by atoms with Crippen molar-refractivity contribution >= 4 is 11.9 Å². The maximum atomic E-state index is 13.5. The third kappa shape index (κ3) is 4.73. The van der Waals surface area contributed by atoms with Gasteiger partial charge in [-0.2, -0.15) is 0 Å². The van der Waals surface area contributed by atoms with Crippen molar-refractivity contribution in [3.8, 4) is 5.75 Å². The van der Waals surface area contributed by atoms with Gasteiger partial charge in [0.15, 0.2) is 17.7 Å². The minimum atomic E-state index is -1.08. The van der Waals surface area contributed by atoms with E-state index in [9.17, 15) is 14.0 Å². The molecule has 1 atom stereocenters. The molecule has 5 nitrogen and oxygen atoms in total. The quantitative estimate of drug-likeness (QED) is 0.809. The van der Waals surface area contributed by atoms with Gasteiger partial charge in [-0.15, -0.1) is 0 Å². The molecule has 0 heterocycles. The van der Waals surface area contributed by atoms with Gasteiger partial charge in [0.05, 0.1) is 5.41 Å². The fraction of sp³-hybridized carbons (Fsp3) is 0.467. The Hall–Kier alpha value is -2.11. The number of hydrogen-bond acceptors (Lipinski definition) is 3. The van der Waals surface area contributed by atoms with Crippen LogP contribution in [0.4, 0.5) is 4.39 Å². The molecule has 2 N–H and O–H groups in total. The van der Waals surface area contributed by atoms with Crippen molar-refractivity contribution in [1.29, 1.82) is 0 Å². The van der Waals surface area contributed by atoms with E-state index in [0.717, 1.165) is 0 Å². The molecular weight excluding hydrogens is 277 g/mol. The lowest BCUT2D eigenvalue weighted by Gasteiger charge is -2.22. The van der Waals surface area contributed by atoms with Crippen molar-refractivity contribution in [3.05, 3.63) is 30.1 Å². The third-order valence-electron chi connectivity index (χ3n) is 3.05. The second kappa shape index (κ2) is 7.06. The SMILES string of the molecule is CCC(Oc1ccccc1F)C(=O)NCC(C)(C)C(=O)O. The molecule has 116 valence electrons. The van der Waals surface area contributed by atoms with Crippen LogP contribution in [-0.4, -0.2) is 29.6 Å². The van der Waals surface area contributed by atoms with Gasteiger partial charge < -0.3 is 15.2 Å². The first-order valence-corrected chi connectivity index (χ1v) is 6.70. The molecule has 0 aliphatic carbocycles. The number of benzene rings is 1. The molecule has 0 aromatic heterocycles. The normalized spacial score (nSPS) is 12.6. The Balaban J connectivity index is 2.66. The van der Waals surface area contributed by atoms with Gasteiger partial charge in [0, 0.05) is 6.54 Å². The first-order chi connectivity index (χ1) is 9.77. The van der Waals surface area contributed by atoms with Crippen molar-refractivity contribution in [3.63, 3.8) is 0 Å². The van der Waals surface area contributed by atoms with E-state index in [1.54, 1.807) is 13.0 Å². The monoisotopic (exact) mass is 297 g/mol. The summed E-state index contributed by atoms with van der Waals surface area (Å²) in [6.45, 7) is 4.72. The molecule has 6 heteroatoms. The highest BCUT2D eigenvalue weighted by Gasteiger charge is 2.29. The van der Waals surface area contributed by atoms with Gasteiger partial charge in [-0.25, -0.2) is 4.39 Å². The predicted molar refractivity (Wildman–Crippen MR) is 75.5 cm³/mol.